The molecule has 54 valence electrons. The summed E-state index contributed by atoms with van der Waals surface area (Å²) in [7, 11) is 0. The molecule has 0 fully saturated rings. The Morgan fingerprint density at radius 2 is 2.22 bits per heavy atom. The molecule has 0 bridgehead atoms. The molecular formula is C5H10MoNOS-. The topological polar surface area (TPSA) is 33.0 Å². The van der Waals surface area contributed by atoms with Crippen molar-refractivity contribution in [2.45, 2.75) is 19.8 Å². The Kier molecular flexibility index (Phi) is 11.3. The largest absolute Gasteiger partial charge is 0.659 e. The van der Waals surface area contributed by atoms with Crippen LogP contribution in [0.4, 0.5) is 0 Å². The zero-order chi connectivity index (χ0) is 6.41. The molecule has 0 rings (SSSR count). The molecule has 0 aromatic rings. The minimum Gasteiger partial charge on any atom is -0.659 e. The minimum atomic E-state index is -0.0987. The van der Waals surface area contributed by atoms with Crippen LogP contribution in [0.2, 0.25) is 0 Å². The van der Waals surface area contributed by atoms with Crippen molar-refractivity contribution in [3.63, 3.8) is 0 Å². The van der Waals surface area contributed by atoms with Crippen LogP contribution in [-0.4, -0.2) is 11.8 Å². The molecule has 0 radical (unpaired) electrons. The zero-order valence-electron chi connectivity index (χ0n) is 5.35. The first kappa shape index (κ1) is 12.1. The van der Waals surface area contributed by atoms with Gasteiger partial charge in [-0.3, -0.25) is 0 Å². The van der Waals surface area contributed by atoms with Crippen LogP contribution in [0.5, 0.6) is 0 Å². The molecule has 9 heavy (non-hydrogen) atoms. The van der Waals surface area contributed by atoms with Gasteiger partial charge >= 0.3 is 0 Å². The van der Waals surface area contributed by atoms with Crippen molar-refractivity contribution in [2.24, 2.45) is 0 Å². The fourth-order valence-electron chi connectivity index (χ4n) is 0.309. The van der Waals surface area contributed by atoms with E-state index in [1.165, 1.54) is 0 Å². The summed E-state index contributed by atoms with van der Waals surface area (Å²) in [5.74, 6) is 0. The Bertz CT molecular complexity index is 79.4. The molecule has 0 aromatic heterocycles. The molecule has 0 aliphatic carbocycles. The Morgan fingerprint density at radius 1 is 1.67 bits per heavy atom. The monoisotopic (exact) mass is 230 g/mol. The summed E-state index contributed by atoms with van der Waals surface area (Å²) in [6.45, 7) is 2.66. The van der Waals surface area contributed by atoms with Crippen molar-refractivity contribution < 1.29 is 25.8 Å². The fraction of sp³-hybridized carbons (Fsp3) is 0.800. The molecule has 0 aliphatic rings. The van der Waals surface area contributed by atoms with Gasteiger partial charge in [0.05, 0.1) is 11.8 Å². The summed E-state index contributed by atoms with van der Waals surface area (Å²) in [5.41, 5.74) is 6.67. The van der Waals surface area contributed by atoms with Crippen LogP contribution in [-0.2, 0) is 25.8 Å². The number of hydrogen-bond donors (Lipinski definition) is 0. The van der Waals surface area contributed by atoms with E-state index in [4.69, 9.17) is 5.73 Å². The summed E-state index contributed by atoms with van der Waals surface area (Å²) in [6.07, 6.45) is 2.07. The Balaban J connectivity index is 0. The number of nitrogens with one attached hydrogen (secondary N) is 1. The quantitative estimate of drug-likeness (QED) is 0.421. The van der Waals surface area contributed by atoms with Crippen molar-refractivity contribution in [3.8, 4) is 0 Å². The summed E-state index contributed by atoms with van der Waals surface area (Å²) in [4.78, 5) is 0. The second-order valence-corrected chi connectivity index (χ2v) is 1.86. The summed E-state index contributed by atoms with van der Waals surface area (Å²) >= 11 is 4.35. The molecule has 0 aliphatic heterocycles. The standard InChI is InChI=1S/C5H11NOS.Mo/c1-2-3-4-7-5(6)8;/h2-4H2,1H3,(H2,6,8);/p-1. The number of ether oxygens (including phenoxy) is 1. The van der Waals surface area contributed by atoms with Gasteiger partial charge in [0.15, 0.2) is 0 Å². The van der Waals surface area contributed by atoms with Crippen molar-refractivity contribution in [2.75, 3.05) is 6.61 Å². The van der Waals surface area contributed by atoms with Gasteiger partial charge in [-0.1, -0.05) is 25.6 Å². The third-order valence-electron chi connectivity index (χ3n) is 0.731. The molecule has 0 heterocycles. The predicted molar refractivity (Wildman–Crippen MR) is 37.8 cm³/mol. The van der Waals surface area contributed by atoms with Gasteiger partial charge < -0.3 is 10.5 Å². The molecule has 0 amide bonds. The van der Waals surface area contributed by atoms with Gasteiger partial charge in [-0.05, 0) is 6.42 Å². The van der Waals surface area contributed by atoms with Gasteiger partial charge in [0.25, 0.3) is 0 Å². The number of thiocarbonyl (C=S) groups is 1. The minimum absolute atomic E-state index is 0. The maximum atomic E-state index is 6.67. The van der Waals surface area contributed by atoms with Crippen LogP contribution < -0.4 is 0 Å². The van der Waals surface area contributed by atoms with Crippen LogP contribution >= 0.6 is 12.2 Å². The van der Waals surface area contributed by atoms with Gasteiger partial charge in [0.1, 0.15) is 0 Å². The van der Waals surface area contributed by atoms with E-state index in [0.717, 1.165) is 12.8 Å². The van der Waals surface area contributed by atoms with Gasteiger partial charge in [0, 0.05) is 21.1 Å². The first-order valence-corrected chi connectivity index (χ1v) is 3.06. The molecule has 0 spiro atoms. The zero-order valence-corrected chi connectivity index (χ0v) is 8.17. The van der Waals surface area contributed by atoms with Gasteiger partial charge in [-0.25, -0.2) is 0 Å². The third kappa shape index (κ3) is 11.8. The number of unbranched alkanes of at least 4 members (excludes halogenated alkanes) is 1. The van der Waals surface area contributed by atoms with E-state index in [2.05, 4.69) is 23.9 Å². The average molecular weight is 228 g/mol. The smallest absolute Gasteiger partial charge is 0.0867 e. The Morgan fingerprint density at radius 3 is 2.56 bits per heavy atom. The maximum Gasteiger partial charge on any atom is 0.0867 e. The SMILES string of the molecule is CCCCOC([NH-])=S.[Mo]. The molecule has 4 heteroatoms. The van der Waals surface area contributed by atoms with Crippen molar-refractivity contribution in [3.05, 3.63) is 5.73 Å². The summed E-state index contributed by atoms with van der Waals surface area (Å²) < 4.78 is 4.68. The van der Waals surface area contributed by atoms with Gasteiger partial charge in [-0.2, -0.15) is 0 Å². The van der Waals surface area contributed by atoms with E-state index in [1.807, 2.05) is 0 Å². The second-order valence-electron chi connectivity index (χ2n) is 1.49. The molecule has 0 aromatic carbocycles. The molecule has 2 nitrogen and oxygen atoms in total. The van der Waals surface area contributed by atoms with Crippen LogP contribution in [0, 0.1) is 0 Å². The van der Waals surface area contributed by atoms with Crippen LogP contribution in [0.3, 0.4) is 0 Å². The molecule has 0 atom stereocenters. The predicted octanol–water partition coefficient (Wildman–Crippen LogP) is 2.14. The van der Waals surface area contributed by atoms with E-state index < -0.39 is 0 Å². The molecule has 1 N–H and O–H groups in total. The van der Waals surface area contributed by atoms with E-state index in [9.17, 15) is 0 Å². The Labute approximate surface area is 75.4 Å². The normalized spacial score (nSPS) is 7.67. The second kappa shape index (κ2) is 8.38. The van der Waals surface area contributed by atoms with Crippen LogP contribution in [0.15, 0.2) is 0 Å². The Hall–Kier alpha value is 0.378. The summed E-state index contributed by atoms with van der Waals surface area (Å²) in [5, 5.41) is -0.0987. The number of hydrogen-bond acceptors (Lipinski definition) is 2. The first-order valence-electron chi connectivity index (χ1n) is 2.65. The number of rotatable bonds is 3. The molecule has 0 saturated heterocycles. The average Bonchev–Trinajstić information content (AvgIpc) is 1.66. The van der Waals surface area contributed by atoms with E-state index in [1.54, 1.807) is 0 Å². The maximum absolute atomic E-state index is 6.67. The van der Waals surface area contributed by atoms with Gasteiger partial charge in [-0.15, -0.1) is 0 Å². The van der Waals surface area contributed by atoms with E-state index in [-0.39, 0.29) is 26.2 Å². The molecular weight excluding hydrogens is 218 g/mol. The van der Waals surface area contributed by atoms with Crippen LogP contribution in [0.1, 0.15) is 19.8 Å². The van der Waals surface area contributed by atoms with E-state index >= 15 is 0 Å². The van der Waals surface area contributed by atoms with Crippen molar-refractivity contribution in [1.82, 2.24) is 0 Å². The van der Waals surface area contributed by atoms with Crippen molar-refractivity contribution >= 4 is 17.4 Å². The van der Waals surface area contributed by atoms with E-state index in [0.29, 0.717) is 6.61 Å². The van der Waals surface area contributed by atoms with Crippen LogP contribution in [0.25, 0.3) is 5.73 Å². The first-order chi connectivity index (χ1) is 3.77. The van der Waals surface area contributed by atoms with Gasteiger partial charge in [0.2, 0.25) is 0 Å². The fourth-order valence-corrected chi connectivity index (χ4v) is 0.393. The summed E-state index contributed by atoms with van der Waals surface area (Å²) in [6, 6.07) is 0. The third-order valence-corrected chi connectivity index (χ3v) is 0.849. The molecule has 0 unspecified atom stereocenters. The van der Waals surface area contributed by atoms with Crippen molar-refractivity contribution in [1.29, 1.82) is 0 Å². The molecule has 0 saturated carbocycles.